The number of carboxylic acid groups (broad SMARTS) is 1. The van der Waals surface area contributed by atoms with Crippen molar-refractivity contribution in [1.29, 1.82) is 0 Å². The predicted molar refractivity (Wildman–Crippen MR) is 66.5 cm³/mol. The van der Waals surface area contributed by atoms with E-state index in [9.17, 15) is 9.90 Å². The first-order valence-electron chi connectivity index (χ1n) is 5.71. The van der Waals surface area contributed by atoms with Crippen molar-refractivity contribution < 1.29 is 9.90 Å². The highest BCUT2D eigenvalue weighted by Crippen LogP contribution is 2.42. The van der Waals surface area contributed by atoms with E-state index >= 15 is 0 Å². The van der Waals surface area contributed by atoms with Gasteiger partial charge in [0, 0.05) is 28.7 Å². The molecule has 90 valence electrons. The number of aliphatic carboxylic acids is 1. The molecule has 2 atom stereocenters. The van der Waals surface area contributed by atoms with Crippen molar-refractivity contribution in [1.82, 2.24) is 4.90 Å². The van der Waals surface area contributed by atoms with Crippen LogP contribution in [0, 0.1) is 5.92 Å². The molecule has 0 saturated carbocycles. The van der Waals surface area contributed by atoms with E-state index in [-0.39, 0.29) is 11.6 Å². The van der Waals surface area contributed by atoms with Crippen molar-refractivity contribution in [3.05, 3.63) is 11.8 Å². The molecule has 16 heavy (non-hydrogen) atoms. The van der Waals surface area contributed by atoms with E-state index < -0.39 is 5.97 Å². The topological polar surface area (TPSA) is 40.5 Å². The van der Waals surface area contributed by atoms with Crippen LogP contribution in [0.2, 0.25) is 0 Å². The maximum Gasteiger partial charge on any atom is 0.326 e. The largest absolute Gasteiger partial charge is 0.480 e. The van der Waals surface area contributed by atoms with Crippen LogP contribution >= 0.6 is 11.8 Å². The Morgan fingerprint density at radius 1 is 1.56 bits per heavy atom. The average Bonchev–Trinajstić information content (AvgIpc) is 2.55. The number of allylic oxidation sites excluding steroid dienone is 1. The Bertz CT molecular complexity index is 332. The molecular weight excluding hydrogens is 222 g/mol. The molecule has 2 aliphatic rings. The van der Waals surface area contributed by atoms with Gasteiger partial charge in [-0.1, -0.05) is 6.08 Å². The minimum Gasteiger partial charge on any atom is -0.480 e. The van der Waals surface area contributed by atoms with Gasteiger partial charge in [-0.25, -0.2) is 4.79 Å². The van der Waals surface area contributed by atoms with Crippen molar-refractivity contribution in [2.24, 2.45) is 5.92 Å². The van der Waals surface area contributed by atoms with Gasteiger partial charge in [0.25, 0.3) is 0 Å². The Balaban J connectivity index is 2.34. The van der Waals surface area contributed by atoms with Crippen LogP contribution in [0.3, 0.4) is 0 Å². The minimum atomic E-state index is -0.685. The molecule has 2 heterocycles. The molecule has 1 N–H and O–H groups in total. The minimum absolute atomic E-state index is 0.106. The van der Waals surface area contributed by atoms with Crippen LogP contribution in [0.25, 0.3) is 0 Å². The fraction of sp³-hybridized carbons (Fsp3) is 0.750. The lowest BCUT2D eigenvalue weighted by Crippen LogP contribution is -2.47. The lowest BCUT2D eigenvalue weighted by atomic mass is 10.0. The summed E-state index contributed by atoms with van der Waals surface area (Å²) in [5, 5.41) is 9.32. The molecule has 0 spiro atoms. The lowest BCUT2D eigenvalue weighted by molar-refractivity contribution is -0.143. The Labute approximate surface area is 101 Å². The molecule has 1 saturated heterocycles. The van der Waals surface area contributed by atoms with E-state index in [2.05, 4.69) is 31.7 Å². The smallest absolute Gasteiger partial charge is 0.326 e. The van der Waals surface area contributed by atoms with Gasteiger partial charge >= 0.3 is 5.97 Å². The summed E-state index contributed by atoms with van der Waals surface area (Å²) in [6.45, 7) is 6.27. The summed E-state index contributed by atoms with van der Waals surface area (Å²) in [6, 6.07) is -0.338. The van der Waals surface area contributed by atoms with Gasteiger partial charge < -0.3 is 10.0 Å². The molecule has 0 aromatic heterocycles. The molecule has 3 nitrogen and oxygen atoms in total. The lowest BCUT2D eigenvalue weighted by Gasteiger charge is -2.39. The van der Waals surface area contributed by atoms with E-state index in [1.54, 1.807) is 0 Å². The van der Waals surface area contributed by atoms with Crippen molar-refractivity contribution in [2.75, 3.05) is 11.5 Å². The van der Waals surface area contributed by atoms with Gasteiger partial charge in [-0.2, -0.15) is 11.8 Å². The fourth-order valence-corrected chi connectivity index (χ4v) is 3.73. The Hall–Kier alpha value is -0.640. The van der Waals surface area contributed by atoms with Gasteiger partial charge in [0.05, 0.1) is 0 Å². The second-order valence-electron chi connectivity index (χ2n) is 5.49. The maximum atomic E-state index is 11.3. The van der Waals surface area contributed by atoms with E-state index in [4.69, 9.17) is 0 Å². The second-order valence-corrected chi connectivity index (χ2v) is 6.57. The van der Waals surface area contributed by atoms with Crippen LogP contribution in [0.15, 0.2) is 11.8 Å². The highest BCUT2D eigenvalue weighted by atomic mass is 32.2. The van der Waals surface area contributed by atoms with Gasteiger partial charge in [-0.3, -0.25) is 0 Å². The number of fused-ring (bicyclic) bond motifs is 1. The first-order valence-corrected chi connectivity index (χ1v) is 6.86. The van der Waals surface area contributed by atoms with Crippen molar-refractivity contribution >= 4 is 17.7 Å². The molecule has 0 radical (unpaired) electrons. The third kappa shape index (κ3) is 1.95. The zero-order valence-electron chi connectivity index (χ0n) is 10.1. The molecular formula is C12H19NO2S. The number of nitrogens with zero attached hydrogens (tertiary/aromatic N) is 1. The zero-order valence-corrected chi connectivity index (χ0v) is 10.9. The summed E-state index contributed by atoms with van der Waals surface area (Å²) in [7, 11) is 0. The molecule has 0 aromatic carbocycles. The van der Waals surface area contributed by atoms with Crippen molar-refractivity contribution in [3.63, 3.8) is 0 Å². The molecule has 0 aromatic rings. The van der Waals surface area contributed by atoms with Crippen LogP contribution in [-0.2, 0) is 4.79 Å². The van der Waals surface area contributed by atoms with Crippen LogP contribution in [0.1, 0.15) is 27.2 Å². The molecule has 2 unspecified atom stereocenters. The third-order valence-electron chi connectivity index (χ3n) is 3.25. The summed E-state index contributed by atoms with van der Waals surface area (Å²) in [5.41, 5.74) is 1.16. The Kier molecular flexibility index (Phi) is 2.95. The number of carboxylic acids is 1. The zero-order chi connectivity index (χ0) is 11.9. The van der Waals surface area contributed by atoms with Crippen LogP contribution in [0.5, 0.6) is 0 Å². The predicted octanol–water partition coefficient (Wildman–Crippen LogP) is 2.19. The molecule has 0 amide bonds. The monoisotopic (exact) mass is 241 g/mol. The first-order chi connectivity index (χ1) is 7.41. The van der Waals surface area contributed by atoms with Gasteiger partial charge in [-0.15, -0.1) is 0 Å². The number of carbonyl (C=O) groups is 1. The van der Waals surface area contributed by atoms with Gasteiger partial charge in [0.1, 0.15) is 6.04 Å². The number of likely N-dealkylation sites (tertiary alicyclic amines) is 1. The van der Waals surface area contributed by atoms with E-state index in [0.717, 1.165) is 17.9 Å². The summed E-state index contributed by atoms with van der Waals surface area (Å²) in [5.74, 6) is 1.85. The SMILES string of the molecule is CC(C)(C)N1C2=CCSCC2CC1C(=O)O. The summed E-state index contributed by atoms with van der Waals surface area (Å²) >= 11 is 1.90. The van der Waals surface area contributed by atoms with Crippen LogP contribution in [-0.4, -0.2) is 39.1 Å². The van der Waals surface area contributed by atoms with Gasteiger partial charge in [0.15, 0.2) is 0 Å². The Morgan fingerprint density at radius 2 is 2.25 bits per heavy atom. The summed E-state index contributed by atoms with van der Waals surface area (Å²) in [6.07, 6.45) is 2.98. The average molecular weight is 241 g/mol. The summed E-state index contributed by atoms with van der Waals surface area (Å²) < 4.78 is 0. The number of hydrogen-bond donors (Lipinski definition) is 1. The number of thioether (sulfide) groups is 1. The molecule has 0 aliphatic carbocycles. The normalized spacial score (nSPS) is 29.9. The van der Waals surface area contributed by atoms with E-state index in [1.165, 1.54) is 5.70 Å². The quantitative estimate of drug-likeness (QED) is 0.764. The molecule has 0 bridgehead atoms. The molecule has 2 rings (SSSR count). The third-order valence-corrected chi connectivity index (χ3v) is 4.29. The maximum absolute atomic E-state index is 11.3. The van der Waals surface area contributed by atoms with Crippen LogP contribution < -0.4 is 0 Å². The number of rotatable bonds is 1. The standard InChI is InChI=1S/C12H19NO2S/c1-12(2,3)13-9-4-5-16-7-8(9)6-10(13)11(14)15/h4,8,10H,5-7H2,1-3H3,(H,14,15). The van der Waals surface area contributed by atoms with E-state index in [0.29, 0.717) is 5.92 Å². The van der Waals surface area contributed by atoms with Crippen molar-refractivity contribution in [3.8, 4) is 0 Å². The fourth-order valence-electron chi connectivity index (χ4n) is 2.71. The van der Waals surface area contributed by atoms with Crippen molar-refractivity contribution in [2.45, 2.75) is 38.8 Å². The van der Waals surface area contributed by atoms with E-state index in [1.807, 2.05) is 11.8 Å². The van der Waals surface area contributed by atoms with Crippen LogP contribution in [0.4, 0.5) is 0 Å². The highest BCUT2D eigenvalue weighted by Gasteiger charge is 2.45. The first kappa shape index (κ1) is 11.8. The molecule has 1 fully saturated rings. The number of hydrogen-bond acceptors (Lipinski definition) is 3. The second kappa shape index (κ2) is 3.99. The van der Waals surface area contributed by atoms with Gasteiger partial charge in [0.2, 0.25) is 0 Å². The Morgan fingerprint density at radius 3 is 2.81 bits per heavy atom. The summed E-state index contributed by atoms with van der Waals surface area (Å²) in [4.78, 5) is 13.4. The molecule has 4 heteroatoms. The molecule has 2 aliphatic heterocycles. The highest BCUT2D eigenvalue weighted by molar-refractivity contribution is 7.99. The van der Waals surface area contributed by atoms with Gasteiger partial charge in [-0.05, 0) is 27.2 Å².